The second-order valence-corrected chi connectivity index (χ2v) is 3.77. The minimum Gasteiger partial charge on any atom is -0.494 e. The summed E-state index contributed by atoms with van der Waals surface area (Å²) in [5.41, 5.74) is 6.12. The third-order valence-electron chi connectivity index (χ3n) is 2.41. The van der Waals surface area contributed by atoms with Crippen LogP contribution < -0.4 is 15.8 Å². The first-order chi connectivity index (χ1) is 8.06. The summed E-state index contributed by atoms with van der Waals surface area (Å²) < 4.78 is 17.9. The Labute approximate surface area is 100.0 Å². The Morgan fingerprint density at radius 2 is 2.29 bits per heavy atom. The van der Waals surface area contributed by atoms with Crippen LogP contribution >= 0.6 is 0 Å². The molecule has 0 aromatic heterocycles. The lowest BCUT2D eigenvalue weighted by atomic mass is 10.1. The van der Waals surface area contributed by atoms with Crippen LogP contribution in [-0.4, -0.2) is 19.1 Å². The van der Waals surface area contributed by atoms with Crippen LogP contribution in [-0.2, 0) is 4.79 Å². The molecule has 0 spiro atoms. The number of nitrogens with two attached hydrogens (primary N) is 1. The van der Waals surface area contributed by atoms with Crippen LogP contribution in [0.1, 0.15) is 19.8 Å². The third kappa shape index (κ3) is 4.03. The van der Waals surface area contributed by atoms with Crippen molar-refractivity contribution < 1.29 is 13.9 Å². The number of ether oxygens (including phenoxy) is 1. The normalized spacial score (nSPS) is 12.0. The van der Waals surface area contributed by atoms with Crippen LogP contribution in [0.15, 0.2) is 18.2 Å². The minimum absolute atomic E-state index is 0.165. The number of hydrogen-bond acceptors (Lipinski definition) is 3. The van der Waals surface area contributed by atoms with Crippen molar-refractivity contribution in [1.82, 2.24) is 0 Å². The Morgan fingerprint density at radius 3 is 2.88 bits per heavy atom. The molecule has 0 bridgehead atoms. The molecule has 0 aliphatic rings. The van der Waals surface area contributed by atoms with Crippen LogP contribution in [0.25, 0.3) is 0 Å². The van der Waals surface area contributed by atoms with Crippen molar-refractivity contribution in [2.75, 3.05) is 12.4 Å². The van der Waals surface area contributed by atoms with Crippen molar-refractivity contribution in [3.63, 3.8) is 0 Å². The molecule has 1 unspecified atom stereocenters. The van der Waals surface area contributed by atoms with Gasteiger partial charge in [0.25, 0.3) is 0 Å². The third-order valence-corrected chi connectivity index (χ3v) is 2.41. The van der Waals surface area contributed by atoms with Crippen LogP contribution in [0, 0.1) is 5.82 Å². The summed E-state index contributed by atoms with van der Waals surface area (Å²) in [7, 11) is 1.42. The monoisotopic (exact) mass is 240 g/mol. The quantitative estimate of drug-likeness (QED) is 0.826. The van der Waals surface area contributed by atoms with E-state index in [-0.39, 0.29) is 18.4 Å². The van der Waals surface area contributed by atoms with E-state index in [0.29, 0.717) is 11.4 Å². The smallest absolute Gasteiger partial charge is 0.226 e. The maximum atomic E-state index is 12.9. The summed E-state index contributed by atoms with van der Waals surface area (Å²) in [6.07, 6.45) is 0.963. The van der Waals surface area contributed by atoms with Gasteiger partial charge < -0.3 is 15.8 Å². The molecule has 0 saturated carbocycles. The zero-order chi connectivity index (χ0) is 12.8. The number of halogens is 1. The van der Waals surface area contributed by atoms with Crippen molar-refractivity contribution in [2.24, 2.45) is 5.73 Å². The minimum atomic E-state index is -0.412. The Hall–Kier alpha value is -1.62. The van der Waals surface area contributed by atoms with Crippen LogP contribution in [0.5, 0.6) is 5.75 Å². The summed E-state index contributed by atoms with van der Waals surface area (Å²) in [5, 5.41) is 2.64. The first-order valence-corrected chi connectivity index (χ1v) is 5.45. The molecule has 0 saturated heterocycles. The van der Waals surface area contributed by atoms with E-state index in [1.807, 2.05) is 6.92 Å². The van der Waals surface area contributed by atoms with E-state index >= 15 is 0 Å². The molecule has 0 radical (unpaired) electrons. The number of carbonyl (C=O) groups excluding carboxylic acids is 1. The molecular formula is C12H17FN2O2. The van der Waals surface area contributed by atoms with Crippen LogP contribution in [0.2, 0.25) is 0 Å². The molecule has 0 aliphatic carbocycles. The number of amides is 1. The van der Waals surface area contributed by atoms with Gasteiger partial charge in [-0.3, -0.25) is 4.79 Å². The lowest BCUT2D eigenvalue weighted by Crippen LogP contribution is -2.26. The van der Waals surface area contributed by atoms with E-state index in [0.717, 1.165) is 6.42 Å². The Kier molecular flexibility index (Phi) is 4.90. The molecule has 0 aliphatic heterocycles. The molecule has 3 N–H and O–H groups in total. The molecule has 1 aromatic carbocycles. The maximum Gasteiger partial charge on any atom is 0.226 e. The van der Waals surface area contributed by atoms with Gasteiger partial charge in [-0.05, 0) is 18.6 Å². The number of carbonyl (C=O) groups is 1. The summed E-state index contributed by atoms with van der Waals surface area (Å²) in [6, 6.07) is 3.78. The van der Waals surface area contributed by atoms with Gasteiger partial charge in [0.15, 0.2) is 0 Å². The predicted octanol–water partition coefficient (Wildman–Crippen LogP) is 1.90. The molecule has 1 rings (SSSR count). The summed E-state index contributed by atoms with van der Waals surface area (Å²) >= 11 is 0. The molecule has 1 aromatic rings. The van der Waals surface area contributed by atoms with E-state index in [9.17, 15) is 9.18 Å². The van der Waals surface area contributed by atoms with Gasteiger partial charge >= 0.3 is 0 Å². The second kappa shape index (κ2) is 6.20. The average molecular weight is 240 g/mol. The van der Waals surface area contributed by atoms with Crippen molar-refractivity contribution >= 4 is 11.6 Å². The van der Waals surface area contributed by atoms with Crippen molar-refractivity contribution in [2.45, 2.75) is 25.8 Å². The summed E-state index contributed by atoms with van der Waals surface area (Å²) in [4.78, 5) is 11.6. The number of benzene rings is 1. The molecule has 4 nitrogen and oxygen atoms in total. The van der Waals surface area contributed by atoms with Gasteiger partial charge in [-0.1, -0.05) is 6.92 Å². The summed E-state index contributed by atoms with van der Waals surface area (Å²) in [5.74, 6) is -0.321. The molecular weight excluding hydrogens is 223 g/mol. The van der Waals surface area contributed by atoms with Crippen molar-refractivity contribution in [3.8, 4) is 5.75 Å². The second-order valence-electron chi connectivity index (χ2n) is 3.77. The molecule has 94 valence electrons. The van der Waals surface area contributed by atoms with Gasteiger partial charge in [-0.15, -0.1) is 0 Å². The fraction of sp³-hybridized carbons (Fsp3) is 0.417. The zero-order valence-corrected chi connectivity index (χ0v) is 10.00. The number of methoxy groups -OCH3 is 1. The van der Waals surface area contributed by atoms with E-state index in [1.165, 1.54) is 25.3 Å². The topological polar surface area (TPSA) is 64.4 Å². The molecule has 1 amide bonds. The molecule has 0 heterocycles. The predicted molar refractivity (Wildman–Crippen MR) is 64.5 cm³/mol. The lowest BCUT2D eigenvalue weighted by Gasteiger charge is -2.12. The Morgan fingerprint density at radius 1 is 1.59 bits per heavy atom. The van der Waals surface area contributed by atoms with Crippen molar-refractivity contribution in [3.05, 3.63) is 24.0 Å². The van der Waals surface area contributed by atoms with E-state index in [4.69, 9.17) is 10.5 Å². The lowest BCUT2D eigenvalue weighted by molar-refractivity contribution is -0.116. The first kappa shape index (κ1) is 13.4. The van der Waals surface area contributed by atoms with Crippen LogP contribution in [0.3, 0.4) is 0 Å². The molecule has 0 fully saturated rings. The largest absolute Gasteiger partial charge is 0.494 e. The molecule has 1 atom stereocenters. The van der Waals surface area contributed by atoms with Gasteiger partial charge in [-0.25, -0.2) is 4.39 Å². The fourth-order valence-electron chi connectivity index (χ4n) is 1.35. The van der Waals surface area contributed by atoms with Gasteiger partial charge in [-0.2, -0.15) is 0 Å². The Bertz CT molecular complexity index is 396. The number of anilines is 1. The Balaban J connectivity index is 2.71. The zero-order valence-electron chi connectivity index (χ0n) is 10.00. The average Bonchev–Trinajstić information content (AvgIpc) is 2.31. The fourth-order valence-corrected chi connectivity index (χ4v) is 1.35. The standard InChI is InChI=1S/C12H17FN2O2/c1-3-9(14)7-12(16)15-10-5-4-8(13)6-11(10)17-2/h4-6,9H,3,7,14H2,1-2H3,(H,15,16). The molecule has 5 heteroatoms. The van der Waals surface area contributed by atoms with Gasteiger partial charge in [0.2, 0.25) is 5.91 Å². The van der Waals surface area contributed by atoms with Crippen LogP contribution in [0.4, 0.5) is 10.1 Å². The first-order valence-electron chi connectivity index (χ1n) is 5.45. The SMILES string of the molecule is CCC(N)CC(=O)Nc1ccc(F)cc1OC. The van der Waals surface area contributed by atoms with E-state index in [2.05, 4.69) is 5.32 Å². The maximum absolute atomic E-state index is 12.9. The number of hydrogen-bond donors (Lipinski definition) is 2. The van der Waals surface area contributed by atoms with Gasteiger partial charge in [0.1, 0.15) is 11.6 Å². The van der Waals surface area contributed by atoms with Crippen molar-refractivity contribution in [1.29, 1.82) is 0 Å². The number of rotatable bonds is 5. The van der Waals surface area contributed by atoms with E-state index in [1.54, 1.807) is 0 Å². The highest BCUT2D eigenvalue weighted by Gasteiger charge is 2.11. The highest BCUT2D eigenvalue weighted by Crippen LogP contribution is 2.25. The van der Waals surface area contributed by atoms with E-state index < -0.39 is 5.82 Å². The number of nitrogens with one attached hydrogen (secondary N) is 1. The summed E-state index contributed by atoms with van der Waals surface area (Å²) in [6.45, 7) is 1.91. The highest BCUT2D eigenvalue weighted by molar-refractivity contribution is 5.92. The van der Waals surface area contributed by atoms with Gasteiger partial charge in [0, 0.05) is 18.5 Å². The molecule has 17 heavy (non-hydrogen) atoms. The van der Waals surface area contributed by atoms with Gasteiger partial charge in [0.05, 0.1) is 12.8 Å². The highest BCUT2D eigenvalue weighted by atomic mass is 19.1.